The summed E-state index contributed by atoms with van der Waals surface area (Å²) in [5.41, 5.74) is 1.09. The zero-order valence-corrected chi connectivity index (χ0v) is 12.9. The molecule has 21 heavy (non-hydrogen) atoms. The first-order valence-electron chi connectivity index (χ1n) is 7.72. The van der Waals surface area contributed by atoms with Gasteiger partial charge in [0.2, 0.25) is 5.91 Å². The Morgan fingerprint density at radius 2 is 2.14 bits per heavy atom. The zero-order valence-electron chi connectivity index (χ0n) is 12.9. The molecule has 0 spiro atoms. The molecule has 0 bridgehead atoms. The second kappa shape index (κ2) is 6.15. The quantitative estimate of drug-likeness (QED) is 0.808. The van der Waals surface area contributed by atoms with Crippen molar-refractivity contribution < 1.29 is 9.53 Å². The molecule has 2 atom stereocenters. The van der Waals surface area contributed by atoms with Crippen molar-refractivity contribution >= 4 is 5.91 Å². The number of hydrogen-bond donors (Lipinski definition) is 0. The molecule has 0 aromatic carbocycles. The molecule has 0 N–H and O–H groups in total. The Morgan fingerprint density at radius 1 is 1.38 bits per heavy atom. The summed E-state index contributed by atoms with van der Waals surface area (Å²) in [5, 5.41) is 4.20. The van der Waals surface area contributed by atoms with Crippen LogP contribution >= 0.6 is 0 Å². The molecule has 3 rings (SSSR count). The normalized spacial score (nSPS) is 27.2. The van der Waals surface area contributed by atoms with Gasteiger partial charge in [0.25, 0.3) is 0 Å². The van der Waals surface area contributed by atoms with Crippen molar-refractivity contribution in [2.45, 2.75) is 26.4 Å². The number of carbonyl (C=O) groups excluding carboxylic acids is 1. The minimum atomic E-state index is 0.167. The monoisotopic (exact) mass is 292 g/mol. The van der Waals surface area contributed by atoms with Crippen molar-refractivity contribution in [2.75, 3.05) is 39.4 Å². The number of carbonyl (C=O) groups is 1. The molecule has 0 saturated carbocycles. The molecule has 0 radical (unpaired) electrons. The summed E-state index contributed by atoms with van der Waals surface area (Å²) in [4.78, 5) is 16.9. The van der Waals surface area contributed by atoms with Gasteiger partial charge in [-0.05, 0) is 18.4 Å². The number of aromatic nitrogens is 2. The highest BCUT2D eigenvalue weighted by atomic mass is 16.5. The van der Waals surface area contributed by atoms with Crippen molar-refractivity contribution in [3.63, 3.8) is 0 Å². The van der Waals surface area contributed by atoms with Gasteiger partial charge in [-0.25, -0.2) is 0 Å². The highest BCUT2D eigenvalue weighted by Gasteiger charge is 2.36. The molecular weight excluding hydrogens is 268 g/mol. The summed E-state index contributed by atoms with van der Waals surface area (Å²) in [5.74, 6) is 0.687. The second-order valence-electron chi connectivity index (χ2n) is 6.21. The van der Waals surface area contributed by atoms with Gasteiger partial charge in [0.05, 0.1) is 19.4 Å². The van der Waals surface area contributed by atoms with Crippen molar-refractivity contribution in [3.8, 4) is 0 Å². The van der Waals surface area contributed by atoms with Gasteiger partial charge in [-0.2, -0.15) is 5.10 Å². The number of hydrogen-bond acceptors (Lipinski definition) is 4. The predicted octanol–water partition coefficient (Wildman–Crippen LogP) is 0.371. The summed E-state index contributed by atoms with van der Waals surface area (Å²) in [6.07, 6.45) is 3.70. The van der Waals surface area contributed by atoms with Crippen molar-refractivity contribution in [3.05, 3.63) is 18.0 Å². The maximum Gasteiger partial charge on any atom is 0.244 e. The fraction of sp³-hybridized carbons (Fsp3) is 0.733. The molecule has 3 heterocycles. The predicted molar refractivity (Wildman–Crippen MR) is 78.9 cm³/mol. The van der Waals surface area contributed by atoms with Crippen LogP contribution in [0.15, 0.2) is 12.4 Å². The Hall–Kier alpha value is -1.40. The summed E-state index contributed by atoms with van der Waals surface area (Å²) < 4.78 is 7.14. The van der Waals surface area contributed by atoms with E-state index in [1.54, 1.807) is 10.9 Å². The third kappa shape index (κ3) is 3.27. The van der Waals surface area contributed by atoms with E-state index in [-0.39, 0.29) is 5.91 Å². The van der Waals surface area contributed by atoms with E-state index in [2.05, 4.69) is 16.9 Å². The molecule has 6 heteroatoms. The number of ether oxygens (including phenoxy) is 1. The average molecular weight is 292 g/mol. The van der Waals surface area contributed by atoms with Gasteiger partial charge in [-0.15, -0.1) is 0 Å². The molecule has 2 saturated heterocycles. The smallest absolute Gasteiger partial charge is 0.244 e. The summed E-state index contributed by atoms with van der Waals surface area (Å²) in [6, 6.07) is 0.470. The molecule has 6 nitrogen and oxygen atoms in total. The number of rotatable bonds is 3. The molecule has 116 valence electrons. The third-order valence-electron chi connectivity index (χ3n) is 4.50. The first-order chi connectivity index (χ1) is 10.1. The number of likely N-dealkylation sites (tertiary alicyclic amines) is 1. The topological polar surface area (TPSA) is 50.6 Å². The van der Waals surface area contributed by atoms with E-state index in [0.29, 0.717) is 18.5 Å². The van der Waals surface area contributed by atoms with Crippen LogP contribution in [-0.4, -0.2) is 70.9 Å². The first kappa shape index (κ1) is 14.5. The van der Waals surface area contributed by atoms with Crippen molar-refractivity contribution in [1.29, 1.82) is 0 Å². The number of aryl methyl sites for hydroxylation is 1. The number of morpholine rings is 1. The Morgan fingerprint density at radius 3 is 2.81 bits per heavy atom. The molecule has 1 aromatic heterocycles. The van der Waals surface area contributed by atoms with E-state index in [1.807, 2.05) is 18.0 Å². The Bertz CT molecular complexity index is 496. The Labute approximate surface area is 125 Å². The van der Waals surface area contributed by atoms with Crippen LogP contribution in [0.2, 0.25) is 0 Å². The lowest BCUT2D eigenvalue weighted by Crippen LogP contribution is -2.47. The van der Waals surface area contributed by atoms with Crippen LogP contribution in [0.5, 0.6) is 0 Å². The summed E-state index contributed by atoms with van der Waals surface area (Å²) >= 11 is 0. The maximum absolute atomic E-state index is 12.4. The van der Waals surface area contributed by atoms with Gasteiger partial charge in [0, 0.05) is 38.4 Å². The maximum atomic E-state index is 12.4. The van der Waals surface area contributed by atoms with Crippen LogP contribution in [0.4, 0.5) is 0 Å². The largest absolute Gasteiger partial charge is 0.379 e. The van der Waals surface area contributed by atoms with E-state index >= 15 is 0 Å². The fourth-order valence-corrected chi connectivity index (χ4v) is 3.33. The average Bonchev–Trinajstić information content (AvgIpc) is 3.06. The van der Waals surface area contributed by atoms with Crippen molar-refractivity contribution in [1.82, 2.24) is 19.6 Å². The van der Waals surface area contributed by atoms with Crippen LogP contribution < -0.4 is 0 Å². The van der Waals surface area contributed by atoms with Crippen LogP contribution in [0.3, 0.4) is 0 Å². The number of amides is 1. The standard InChI is InChI=1S/C15H24N4O2/c1-12-7-16-19(8-12)11-15(20)18-9-13(2)14(10-18)17-3-5-21-6-4-17/h7-8,13-14H,3-6,9-11H2,1-2H3. The van der Waals surface area contributed by atoms with E-state index in [1.165, 1.54) is 0 Å². The molecule has 2 fully saturated rings. The zero-order chi connectivity index (χ0) is 14.8. The molecular formula is C15H24N4O2. The van der Waals surface area contributed by atoms with E-state index in [0.717, 1.165) is 45.0 Å². The molecule has 1 aromatic rings. The summed E-state index contributed by atoms with van der Waals surface area (Å²) in [7, 11) is 0. The van der Waals surface area contributed by atoms with Crippen LogP contribution in [-0.2, 0) is 16.1 Å². The Balaban J connectivity index is 1.58. The SMILES string of the molecule is Cc1cnn(CC(=O)N2CC(C)C(N3CCOCC3)C2)c1. The summed E-state index contributed by atoms with van der Waals surface area (Å²) in [6.45, 7) is 9.84. The molecule has 2 unspecified atom stereocenters. The lowest BCUT2D eigenvalue weighted by molar-refractivity contribution is -0.131. The van der Waals surface area contributed by atoms with Crippen LogP contribution in [0, 0.1) is 12.8 Å². The van der Waals surface area contributed by atoms with Gasteiger partial charge in [0.1, 0.15) is 6.54 Å². The second-order valence-corrected chi connectivity index (χ2v) is 6.21. The van der Waals surface area contributed by atoms with Gasteiger partial charge in [-0.1, -0.05) is 6.92 Å². The number of nitrogens with zero attached hydrogens (tertiary/aromatic N) is 4. The van der Waals surface area contributed by atoms with Gasteiger partial charge >= 0.3 is 0 Å². The minimum Gasteiger partial charge on any atom is -0.379 e. The van der Waals surface area contributed by atoms with E-state index < -0.39 is 0 Å². The third-order valence-corrected chi connectivity index (χ3v) is 4.50. The van der Waals surface area contributed by atoms with Gasteiger partial charge in [-0.3, -0.25) is 14.4 Å². The van der Waals surface area contributed by atoms with Gasteiger partial charge < -0.3 is 9.64 Å². The first-order valence-corrected chi connectivity index (χ1v) is 7.72. The lowest BCUT2D eigenvalue weighted by Gasteiger charge is -2.33. The Kier molecular flexibility index (Phi) is 4.26. The minimum absolute atomic E-state index is 0.167. The van der Waals surface area contributed by atoms with Crippen molar-refractivity contribution in [2.24, 2.45) is 5.92 Å². The molecule has 0 aliphatic carbocycles. The molecule has 2 aliphatic rings. The van der Waals surface area contributed by atoms with Gasteiger partial charge in [0.15, 0.2) is 0 Å². The molecule has 2 aliphatic heterocycles. The lowest BCUT2D eigenvalue weighted by atomic mass is 10.0. The van der Waals surface area contributed by atoms with E-state index in [4.69, 9.17) is 4.74 Å². The fourth-order valence-electron chi connectivity index (χ4n) is 3.33. The highest BCUT2D eigenvalue weighted by molar-refractivity contribution is 5.76. The molecule has 1 amide bonds. The van der Waals surface area contributed by atoms with Crippen LogP contribution in [0.25, 0.3) is 0 Å². The van der Waals surface area contributed by atoms with Crippen LogP contribution in [0.1, 0.15) is 12.5 Å². The van der Waals surface area contributed by atoms with E-state index in [9.17, 15) is 4.79 Å². The highest BCUT2D eigenvalue weighted by Crippen LogP contribution is 2.23.